The summed E-state index contributed by atoms with van der Waals surface area (Å²) in [5.41, 5.74) is 21.8. The van der Waals surface area contributed by atoms with Crippen molar-refractivity contribution in [3.63, 3.8) is 0 Å². The van der Waals surface area contributed by atoms with E-state index in [9.17, 15) is 0 Å². The van der Waals surface area contributed by atoms with E-state index in [1.165, 1.54) is 27.8 Å². The average molecular weight is 811 g/mol. The molecule has 0 saturated carbocycles. The number of fused-ring (bicyclic) bond motifs is 9. The number of furan rings is 1. The van der Waals surface area contributed by atoms with Crippen LogP contribution in [0.3, 0.4) is 0 Å². The molecule has 10 aromatic rings. The van der Waals surface area contributed by atoms with E-state index in [4.69, 9.17) is 20.1 Å². The number of para-hydroxylation sites is 1. The zero-order chi connectivity index (χ0) is 42.1. The van der Waals surface area contributed by atoms with Gasteiger partial charge in [-0.05, 0) is 87.2 Å². The summed E-state index contributed by atoms with van der Waals surface area (Å²) in [6, 6.07) is 68.2. The highest BCUT2D eigenvalue weighted by Gasteiger charge is 2.47. The molecule has 5 nitrogen and oxygen atoms in total. The molecule has 2 aromatic heterocycles. The normalized spacial score (nSPS) is 17.6. The van der Waals surface area contributed by atoms with E-state index in [0.29, 0.717) is 11.8 Å². The predicted octanol–water partition coefficient (Wildman–Crippen LogP) is 14.0. The molecule has 2 unspecified atom stereocenters. The van der Waals surface area contributed by atoms with Gasteiger partial charge in [0, 0.05) is 27.1 Å². The van der Waals surface area contributed by atoms with Crippen LogP contribution in [0.15, 0.2) is 226 Å². The van der Waals surface area contributed by atoms with Crippen molar-refractivity contribution < 1.29 is 4.42 Å². The summed E-state index contributed by atoms with van der Waals surface area (Å²) in [7, 11) is 0. The molecule has 0 fully saturated rings. The lowest BCUT2D eigenvalue weighted by atomic mass is 9.66. The van der Waals surface area contributed by atoms with E-state index in [2.05, 4.69) is 157 Å². The SMILES string of the molecule is CC1C=CC2=C(C1)c1ccccc1C2(c1ccccc1)c1ccc2c3ccc4c5ccccc5oc4c3n(C(N)=NC(=Nc3cccc(-c4ccccc4)c3)c3ccccc3)c2c1. The molecule has 0 bridgehead atoms. The highest BCUT2D eigenvalue weighted by atomic mass is 16.3. The number of rotatable bonds is 5. The first-order valence-electron chi connectivity index (χ1n) is 21.7. The van der Waals surface area contributed by atoms with Crippen molar-refractivity contribution in [1.29, 1.82) is 0 Å². The Morgan fingerprint density at radius 2 is 1.33 bits per heavy atom. The summed E-state index contributed by atoms with van der Waals surface area (Å²) in [6.45, 7) is 2.31. The zero-order valence-corrected chi connectivity index (χ0v) is 34.7. The van der Waals surface area contributed by atoms with Gasteiger partial charge in [0.15, 0.2) is 11.4 Å². The van der Waals surface area contributed by atoms with Crippen LogP contribution in [0.4, 0.5) is 5.69 Å². The molecule has 0 aliphatic heterocycles. The van der Waals surface area contributed by atoms with Crippen LogP contribution < -0.4 is 5.73 Å². The van der Waals surface area contributed by atoms with Gasteiger partial charge < -0.3 is 10.2 Å². The van der Waals surface area contributed by atoms with E-state index in [-0.39, 0.29) is 5.96 Å². The van der Waals surface area contributed by atoms with Gasteiger partial charge in [0.25, 0.3) is 0 Å². The van der Waals surface area contributed by atoms with Crippen LogP contribution in [0.5, 0.6) is 0 Å². The topological polar surface area (TPSA) is 68.8 Å². The van der Waals surface area contributed by atoms with E-state index in [1.54, 1.807) is 0 Å². The van der Waals surface area contributed by atoms with Crippen LogP contribution in [0.1, 0.15) is 41.2 Å². The molecule has 12 rings (SSSR count). The summed E-state index contributed by atoms with van der Waals surface area (Å²) in [5.74, 6) is 1.23. The van der Waals surface area contributed by atoms with Crippen molar-refractivity contribution in [1.82, 2.24) is 4.57 Å². The molecule has 2 aliphatic carbocycles. The lowest BCUT2D eigenvalue weighted by Crippen LogP contribution is -2.30. The van der Waals surface area contributed by atoms with Crippen LogP contribution in [0.25, 0.3) is 60.4 Å². The molecule has 2 heterocycles. The monoisotopic (exact) mass is 810 g/mol. The van der Waals surface area contributed by atoms with Gasteiger partial charge in [-0.15, -0.1) is 0 Å². The van der Waals surface area contributed by atoms with Crippen LogP contribution in [0.2, 0.25) is 0 Å². The maximum absolute atomic E-state index is 7.49. The van der Waals surface area contributed by atoms with E-state index in [0.717, 1.165) is 78.1 Å². The van der Waals surface area contributed by atoms with Crippen molar-refractivity contribution in [3.05, 3.63) is 240 Å². The molecule has 5 heteroatoms. The third-order valence-electron chi connectivity index (χ3n) is 13.1. The van der Waals surface area contributed by atoms with Crippen LogP contribution >= 0.6 is 0 Å². The van der Waals surface area contributed by atoms with Crippen molar-refractivity contribution >= 4 is 66.8 Å². The maximum Gasteiger partial charge on any atom is 0.207 e. The second-order valence-electron chi connectivity index (χ2n) is 16.8. The third kappa shape index (κ3) is 5.77. The summed E-state index contributed by atoms with van der Waals surface area (Å²) < 4.78 is 8.90. The average Bonchev–Trinajstić information content (AvgIpc) is 3.98. The Bertz CT molecular complexity index is 3550. The summed E-state index contributed by atoms with van der Waals surface area (Å²) in [6.07, 6.45) is 5.75. The second kappa shape index (κ2) is 14.6. The minimum Gasteiger partial charge on any atom is -0.454 e. The Labute approximate surface area is 365 Å². The number of aromatic nitrogens is 1. The Morgan fingerprint density at radius 1 is 0.635 bits per heavy atom. The lowest BCUT2D eigenvalue weighted by Gasteiger charge is -2.35. The number of hydrogen-bond acceptors (Lipinski definition) is 2. The molecular formula is C58H42N4O. The highest BCUT2D eigenvalue weighted by molar-refractivity contribution is 6.24. The first-order valence-corrected chi connectivity index (χ1v) is 21.7. The fraction of sp³-hybridized carbons (Fsp3) is 0.0690. The van der Waals surface area contributed by atoms with Crippen LogP contribution in [-0.4, -0.2) is 16.4 Å². The predicted molar refractivity (Wildman–Crippen MR) is 261 cm³/mol. The molecule has 0 spiro atoms. The van der Waals surface area contributed by atoms with Crippen molar-refractivity contribution in [2.45, 2.75) is 18.8 Å². The van der Waals surface area contributed by atoms with Gasteiger partial charge >= 0.3 is 0 Å². The van der Waals surface area contributed by atoms with Gasteiger partial charge in [0.05, 0.1) is 16.6 Å². The smallest absolute Gasteiger partial charge is 0.207 e. The first kappa shape index (κ1) is 36.8. The van der Waals surface area contributed by atoms with Gasteiger partial charge in [0.1, 0.15) is 11.1 Å². The number of benzene rings is 8. The molecule has 300 valence electrons. The number of nitrogens with two attached hydrogens (primary N) is 1. The zero-order valence-electron chi connectivity index (χ0n) is 34.7. The number of nitrogens with zero attached hydrogens (tertiary/aromatic N) is 3. The molecule has 0 amide bonds. The fourth-order valence-electron chi connectivity index (χ4n) is 10.3. The fourth-order valence-corrected chi connectivity index (χ4v) is 10.3. The molecule has 0 saturated heterocycles. The van der Waals surface area contributed by atoms with E-state index in [1.807, 2.05) is 60.7 Å². The Balaban J connectivity index is 1.15. The quantitative estimate of drug-likeness (QED) is 0.139. The molecule has 8 aromatic carbocycles. The maximum atomic E-state index is 7.49. The number of amidine groups is 1. The summed E-state index contributed by atoms with van der Waals surface area (Å²) >= 11 is 0. The third-order valence-corrected chi connectivity index (χ3v) is 13.1. The molecular weight excluding hydrogens is 769 g/mol. The van der Waals surface area contributed by atoms with Crippen molar-refractivity contribution in [2.24, 2.45) is 21.6 Å². The number of allylic oxidation sites excluding steroid dienone is 4. The van der Waals surface area contributed by atoms with Crippen LogP contribution in [0, 0.1) is 5.92 Å². The molecule has 2 atom stereocenters. The van der Waals surface area contributed by atoms with E-state index < -0.39 is 5.41 Å². The van der Waals surface area contributed by atoms with Gasteiger partial charge in [-0.25, -0.2) is 4.99 Å². The van der Waals surface area contributed by atoms with Gasteiger partial charge in [-0.3, -0.25) is 4.57 Å². The number of hydrogen-bond donors (Lipinski definition) is 1. The van der Waals surface area contributed by atoms with Gasteiger partial charge in [-0.2, -0.15) is 4.99 Å². The molecule has 2 N–H and O–H groups in total. The Kier molecular flexibility index (Phi) is 8.51. The highest BCUT2D eigenvalue weighted by Crippen LogP contribution is 2.58. The van der Waals surface area contributed by atoms with Crippen molar-refractivity contribution in [3.8, 4) is 11.1 Å². The lowest BCUT2D eigenvalue weighted by molar-refractivity contribution is 0.671. The van der Waals surface area contributed by atoms with Crippen LogP contribution in [-0.2, 0) is 5.41 Å². The minimum absolute atomic E-state index is 0.286. The number of aliphatic imine (C=N–C) groups is 2. The van der Waals surface area contributed by atoms with Gasteiger partial charge in [0.2, 0.25) is 5.96 Å². The van der Waals surface area contributed by atoms with Gasteiger partial charge in [-0.1, -0.05) is 183 Å². The molecule has 63 heavy (non-hydrogen) atoms. The first-order chi connectivity index (χ1) is 31.1. The summed E-state index contributed by atoms with van der Waals surface area (Å²) in [5, 5.41) is 4.16. The Hall–Kier alpha value is -8.02. The van der Waals surface area contributed by atoms with E-state index >= 15 is 0 Å². The minimum atomic E-state index is -0.569. The summed E-state index contributed by atoms with van der Waals surface area (Å²) in [4.78, 5) is 10.5. The standard InChI is InChI=1S/C58H42N4O/c1-37-28-33-51-49(34-37)44-24-11-13-26-50(44)58(51,41-21-9-4-10-22-41)42-29-30-45-47-31-32-48-46-25-12-14-27-53(46)63-55(48)54(47)62(52(45)36-42)57(59)61-56(39-18-7-3-8-19-39)60-43-23-15-20-40(35-43)38-16-5-2-6-17-38/h2-33,35-37H,34H2,1H3,(H2,59,60,61). The van der Waals surface area contributed by atoms with Crippen molar-refractivity contribution in [2.75, 3.05) is 0 Å². The second-order valence-corrected chi connectivity index (χ2v) is 16.8. The Morgan fingerprint density at radius 3 is 2.17 bits per heavy atom. The molecule has 0 radical (unpaired) electrons. The molecule has 2 aliphatic rings. The largest absolute Gasteiger partial charge is 0.454 e.